The van der Waals surface area contributed by atoms with Crippen LogP contribution in [0.3, 0.4) is 0 Å². The second kappa shape index (κ2) is 5.10. The molecule has 0 fully saturated rings. The Labute approximate surface area is 91.9 Å². The molecule has 0 saturated carbocycles. The Hall–Kier alpha value is -1.12. The third-order valence-electron chi connectivity index (χ3n) is 1.85. The van der Waals surface area contributed by atoms with E-state index in [0.717, 1.165) is 11.1 Å². The van der Waals surface area contributed by atoms with Crippen molar-refractivity contribution in [3.63, 3.8) is 0 Å². The van der Waals surface area contributed by atoms with Crippen molar-refractivity contribution in [2.24, 2.45) is 0 Å². The van der Waals surface area contributed by atoms with Gasteiger partial charge in [-0.2, -0.15) is 5.48 Å². The van der Waals surface area contributed by atoms with Gasteiger partial charge in [-0.25, -0.2) is 0 Å². The van der Waals surface area contributed by atoms with Crippen molar-refractivity contribution in [1.29, 1.82) is 0 Å². The molecule has 1 aromatic carbocycles. The van der Waals surface area contributed by atoms with Crippen LogP contribution in [0.2, 0.25) is 0 Å². The van der Waals surface area contributed by atoms with Gasteiger partial charge in [0.1, 0.15) is 0 Å². The van der Waals surface area contributed by atoms with Crippen LogP contribution in [-0.4, -0.2) is 12.1 Å². The topological polar surface area (TPSA) is 21.3 Å². The molecule has 15 heavy (non-hydrogen) atoms. The molecule has 0 aliphatic heterocycles. The van der Waals surface area contributed by atoms with Crippen LogP contribution in [0.5, 0.6) is 0 Å². The maximum atomic E-state index is 5.41. The lowest BCUT2D eigenvalue weighted by molar-refractivity contribution is -0.0668. The summed E-state index contributed by atoms with van der Waals surface area (Å²) in [4.78, 5) is 5.41. The molecule has 0 aliphatic rings. The fourth-order valence-corrected chi connectivity index (χ4v) is 1.12. The third kappa shape index (κ3) is 4.77. The maximum absolute atomic E-state index is 5.41. The molecule has 0 unspecified atom stereocenters. The molecular weight excluding hydrogens is 186 g/mol. The first-order chi connectivity index (χ1) is 6.99. The summed E-state index contributed by atoms with van der Waals surface area (Å²) in [6, 6.07) is 10.1. The van der Waals surface area contributed by atoms with E-state index in [2.05, 4.69) is 12.1 Å². The van der Waals surface area contributed by atoms with Crippen LogP contribution in [0.15, 0.2) is 36.9 Å². The predicted molar refractivity (Wildman–Crippen MR) is 64.3 cm³/mol. The Morgan fingerprint density at radius 1 is 1.27 bits per heavy atom. The van der Waals surface area contributed by atoms with Crippen LogP contribution < -0.4 is 5.48 Å². The molecular formula is C13H19NO. The number of nitrogens with one attached hydrogen (secondary N) is 1. The van der Waals surface area contributed by atoms with Crippen molar-refractivity contribution in [3.8, 4) is 0 Å². The zero-order valence-corrected chi connectivity index (χ0v) is 9.71. The summed E-state index contributed by atoms with van der Waals surface area (Å²) >= 11 is 0. The molecule has 0 saturated heterocycles. The van der Waals surface area contributed by atoms with E-state index in [0.29, 0.717) is 6.54 Å². The van der Waals surface area contributed by atoms with Gasteiger partial charge in [-0.05, 0) is 31.9 Å². The zero-order valence-electron chi connectivity index (χ0n) is 9.71. The summed E-state index contributed by atoms with van der Waals surface area (Å²) < 4.78 is 0. The average Bonchev–Trinajstić information content (AvgIpc) is 2.17. The summed E-state index contributed by atoms with van der Waals surface area (Å²) in [6.45, 7) is 10.7. The van der Waals surface area contributed by atoms with E-state index in [1.54, 1.807) is 0 Å². The Balaban J connectivity index is 2.38. The average molecular weight is 205 g/mol. The molecule has 1 N–H and O–H groups in total. The van der Waals surface area contributed by atoms with Crippen LogP contribution in [-0.2, 0) is 4.84 Å². The Bertz CT molecular complexity index is 311. The minimum absolute atomic E-state index is 0.170. The van der Waals surface area contributed by atoms with E-state index in [-0.39, 0.29) is 5.60 Å². The molecule has 0 spiro atoms. The normalized spacial score (nSPS) is 11.4. The molecule has 82 valence electrons. The van der Waals surface area contributed by atoms with Crippen molar-refractivity contribution in [2.75, 3.05) is 6.54 Å². The van der Waals surface area contributed by atoms with E-state index in [9.17, 15) is 0 Å². The van der Waals surface area contributed by atoms with Crippen molar-refractivity contribution >= 4 is 5.57 Å². The number of hydroxylamine groups is 1. The Kier molecular flexibility index (Phi) is 4.06. The van der Waals surface area contributed by atoms with Gasteiger partial charge in [-0.3, -0.25) is 4.84 Å². The van der Waals surface area contributed by atoms with Crippen molar-refractivity contribution in [2.45, 2.75) is 26.4 Å². The highest BCUT2D eigenvalue weighted by molar-refractivity contribution is 5.64. The SMILES string of the molecule is C=C(CNOC(C)(C)C)c1ccccc1. The highest BCUT2D eigenvalue weighted by Crippen LogP contribution is 2.11. The van der Waals surface area contributed by atoms with Gasteiger partial charge < -0.3 is 0 Å². The highest BCUT2D eigenvalue weighted by Gasteiger charge is 2.09. The van der Waals surface area contributed by atoms with E-state index in [1.807, 2.05) is 51.1 Å². The standard InChI is InChI=1S/C13H19NO/c1-11(10-14-15-13(2,3)4)12-8-6-5-7-9-12/h5-9,14H,1,10H2,2-4H3. The van der Waals surface area contributed by atoms with Gasteiger partial charge in [0.25, 0.3) is 0 Å². The molecule has 0 aliphatic carbocycles. The van der Waals surface area contributed by atoms with Gasteiger partial charge in [0.05, 0.1) is 5.60 Å². The molecule has 2 heteroatoms. The van der Waals surface area contributed by atoms with Gasteiger partial charge in [-0.1, -0.05) is 36.9 Å². The van der Waals surface area contributed by atoms with Gasteiger partial charge in [0, 0.05) is 6.54 Å². The predicted octanol–water partition coefficient (Wildman–Crippen LogP) is 3.02. The van der Waals surface area contributed by atoms with Crippen LogP contribution >= 0.6 is 0 Å². The molecule has 0 amide bonds. The molecule has 0 radical (unpaired) electrons. The third-order valence-corrected chi connectivity index (χ3v) is 1.85. The number of rotatable bonds is 4. The summed E-state index contributed by atoms with van der Waals surface area (Å²) in [5.41, 5.74) is 4.92. The molecule has 1 rings (SSSR count). The van der Waals surface area contributed by atoms with Crippen LogP contribution in [0.25, 0.3) is 5.57 Å². The second-order valence-electron chi connectivity index (χ2n) is 4.51. The first-order valence-corrected chi connectivity index (χ1v) is 5.13. The fraction of sp³-hybridized carbons (Fsp3) is 0.385. The summed E-state index contributed by atoms with van der Waals surface area (Å²) in [5, 5.41) is 0. The minimum atomic E-state index is -0.170. The van der Waals surface area contributed by atoms with Gasteiger partial charge in [0.15, 0.2) is 0 Å². The van der Waals surface area contributed by atoms with Gasteiger partial charge >= 0.3 is 0 Å². The lowest BCUT2D eigenvalue weighted by Crippen LogP contribution is -2.30. The van der Waals surface area contributed by atoms with Crippen LogP contribution in [0.4, 0.5) is 0 Å². The number of hydrogen-bond donors (Lipinski definition) is 1. The quantitative estimate of drug-likeness (QED) is 0.763. The molecule has 0 aromatic heterocycles. The van der Waals surface area contributed by atoms with Crippen molar-refractivity contribution < 1.29 is 4.84 Å². The second-order valence-corrected chi connectivity index (χ2v) is 4.51. The monoisotopic (exact) mass is 205 g/mol. The van der Waals surface area contributed by atoms with Crippen LogP contribution in [0.1, 0.15) is 26.3 Å². The largest absolute Gasteiger partial charge is 0.296 e. The van der Waals surface area contributed by atoms with E-state index in [1.165, 1.54) is 0 Å². The molecule has 0 bridgehead atoms. The number of hydrogen-bond acceptors (Lipinski definition) is 2. The van der Waals surface area contributed by atoms with E-state index >= 15 is 0 Å². The van der Waals surface area contributed by atoms with Crippen molar-refractivity contribution in [3.05, 3.63) is 42.5 Å². The summed E-state index contributed by atoms with van der Waals surface area (Å²) in [7, 11) is 0. The van der Waals surface area contributed by atoms with Crippen molar-refractivity contribution in [1.82, 2.24) is 5.48 Å². The molecule has 0 atom stereocenters. The zero-order chi connectivity index (χ0) is 11.3. The fourth-order valence-electron chi connectivity index (χ4n) is 1.12. The van der Waals surface area contributed by atoms with E-state index in [4.69, 9.17) is 4.84 Å². The maximum Gasteiger partial charge on any atom is 0.0813 e. The van der Waals surface area contributed by atoms with Crippen LogP contribution in [0, 0.1) is 0 Å². The first-order valence-electron chi connectivity index (χ1n) is 5.13. The Morgan fingerprint density at radius 3 is 2.40 bits per heavy atom. The Morgan fingerprint density at radius 2 is 1.87 bits per heavy atom. The minimum Gasteiger partial charge on any atom is -0.296 e. The molecule has 2 nitrogen and oxygen atoms in total. The van der Waals surface area contributed by atoms with Gasteiger partial charge in [-0.15, -0.1) is 0 Å². The highest BCUT2D eigenvalue weighted by atomic mass is 16.7. The summed E-state index contributed by atoms with van der Waals surface area (Å²) in [5.74, 6) is 0. The van der Waals surface area contributed by atoms with E-state index < -0.39 is 0 Å². The smallest absolute Gasteiger partial charge is 0.0813 e. The lowest BCUT2D eigenvalue weighted by Gasteiger charge is -2.19. The van der Waals surface area contributed by atoms with Gasteiger partial charge in [0.2, 0.25) is 0 Å². The first kappa shape index (κ1) is 12.0. The molecule has 0 heterocycles. The lowest BCUT2D eigenvalue weighted by atomic mass is 10.1. The summed E-state index contributed by atoms with van der Waals surface area (Å²) in [6.07, 6.45) is 0. The number of benzene rings is 1. The molecule has 1 aromatic rings.